The van der Waals surface area contributed by atoms with Crippen molar-refractivity contribution in [3.05, 3.63) is 75.5 Å². The molecule has 2 aromatic carbocycles. The Kier molecular flexibility index (Phi) is 4.99. The molecule has 6 rings (SSSR count). The van der Waals surface area contributed by atoms with Crippen molar-refractivity contribution in [3.8, 4) is 5.69 Å². The van der Waals surface area contributed by atoms with Crippen molar-refractivity contribution >= 4 is 22.7 Å². The number of hydrogen-bond acceptors (Lipinski definition) is 5. The molecule has 174 valence electrons. The van der Waals surface area contributed by atoms with Crippen LogP contribution in [0.4, 0.5) is 16.0 Å². The lowest BCUT2D eigenvalue weighted by Crippen LogP contribution is -2.24. The van der Waals surface area contributed by atoms with Gasteiger partial charge < -0.3 is 10.6 Å². The maximum Gasteiger partial charge on any atom is 0.278 e. The third kappa shape index (κ3) is 3.58. The number of aromatic nitrogens is 4. The molecule has 0 amide bonds. The molecule has 1 saturated carbocycles. The highest BCUT2D eigenvalue weighted by atomic mass is 19.1. The monoisotopic (exact) mass is 458 g/mol. The van der Waals surface area contributed by atoms with E-state index in [9.17, 15) is 9.18 Å². The van der Waals surface area contributed by atoms with Gasteiger partial charge in [-0.3, -0.25) is 4.79 Å². The van der Waals surface area contributed by atoms with E-state index in [0.717, 1.165) is 43.7 Å². The van der Waals surface area contributed by atoms with Gasteiger partial charge in [0.05, 0.1) is 5.69 Å². The van der Waals surface area contributed by atoms with Crippen molar-refractivity contribution < 1.29 is 4.39 Å². The summed E-state index contributed by atoms with van der Waals surface area (Å²) >= 11 is 0. The van der Waals surface area contributed by atoms with Gasteiger partial charge in [0.2, 0.25) is 5.95 Å². The summed E-state index contributed by atoms with van der Waals surface area (Å²) in [5, 5.41) is 7.13. The topological polar surface area (TPSA) is 76.8 Å². The molecular formula is C26H27FN6O. The number of halogens is 1. The molecule has 0 unspecified atom stereocenters. The Morgan fingerprint density at radius 2 is 2.00 bits per heavy atom. The second-order valence-corrected chi connectivity index (χ2v) is 9.50. The number of hydrogen-bond donors (Lipinski definition) is 2. The van der Waals surface area contributed by atoms with Crippen molar-refractivity contribution in [1.82, 2.24) is 24.6 Å². The summed E-state index contributed by atoms with van der Waals surface area (Å²) in [4.78, 5) is 22.4. The van der Waals surface area contributed by atoms with Gasteiger partial charge in [-0.05, 0) is 92.6 Å². The SMILES string of the molecule is CC(C)n1c(=O)c2cnc(Nc3ccc4c(c3)CCNC4)nc2n1-c1ccc(F)c(C2CC2)c1. The maximum absolute atomic E-state index is 14.5. The van der Waals surface area contributed by atoms with Crippen LogP contribution in [0.25, 0.3) is 16.7 Å². The molecule has 0 radical (unpaired) electrons. The van der Waals surface area contributed by atoms with E-state index in [-0.39, 0.29) is 23.3 Å². The van der Waals surface area contributed by atoms with Crippen molar-refractivity contribution in [2.45, 2.75) is 51.6 Å². The van der Waals surface area contributed by atoms with E-state index < -0.39 is 0 Å². The molecule has 8 heteroatoms. The van der Waals surface area contributed by atoms with E-state index >= 15 is 0 Å². The van der Waals surface area contributed by atoms with E-state index in [0.29, 0.717) is 22.5 Å². The zero-order valence-electron chi connectivity index (χ0n) is 19.3. The smallest absolute Gasteiger partial charge is 0.278 e. The highest BCUT2D eigenvalue weighted by Crippen LogP contribution is 2.42. The maximum atomic E-state index is 14.5. The second kappa shape index (κ2) is 8.06. The highest BCUT2D eigenvalue weighted by molar-refractivity contribution is 5.77. The lowest BCUT2D eigenvalue weighted by Gasteiger charge is -2.18. The van der Waals surface area contributed by atoms with Gasteiger partial charge >= 0.3 is 0 Å². The van der Waals surface area contributed by atoms with Crippen molar-refractivity contribution in [2.75, 3.05) is 11.9 Å². The summed E-state index contributed by atoms with van der Waals surface area (Å²) < 4.78 is 17.9. The Hall–Kier alpha value is -3.52. The molecule has 34 heavy (non-hydrogen) atoms. The van der Waals surface area contributed by atoms with Gasteiger partial charge in [-0.2, -0.15) is 4.98 Å². The Labute approximate surface area is 196 Å². The molecule has 1 aliphatic carbocycles. The van der Waals surface area contributed by atoms with E-state index in [2.05, 4.69) is 27.8 Å². The fourth-order valence-corrected chi connectivity index (χ4v) is 4.83. The minimum atomic E-state index is -0.194. The lowest BCUT2D eigenvalue weighted by atomic mass is 10.0. The first-order chi connectivity index (χ1) is 16.5. The van der Waals surface area contributed by atoms with Crippen molar-refractivity contribution in [3.63, 3.8) is 0 Å². The standard InChI is InChI=1S/C26H27FN6O/c1-15(2)32-25(34)22-14-29-26(30-19-6-5-18-13-28-10-9-17(18)11-19)31-24(22)33(32)20-7-8-23(27)21(12-20)16-3-4-16/h5-8,11-12,14-16,28H,3-4,9-10,13H2,1-2H3,(H,29,30,31). The van der Waals surface area contributed by atoms with Crippen LogP contribution in [0.15, 0.2) is 47.4 Å². The average Bonchev–Trinajstić information content (AvgIpc) is 3.63. The quantitative estimate of drug-likeness (QED) is 0.458. The molecule has 2 aliphatic rings. The zero-order valence-corrected chi connectivity index (χ0v) is 19.3. The molecule has 3 heterocycles. The molecule has 0 atom stereocenters. The number of nitrogens with zero attached hydrogens (tertiary/aromatic N) is 4. The third-order valence-electron chi connectivity index (χ3n) is 6.70. The molecule has 0 spiro atoms. The first-order valence-corrected chi connectivity index (χ1v) is 11.9. The summed E-state index contributed by atoms with van der Waals surface area (Å²) in [7, 11) is 0. The molecular weight excluding hydrogens is 431 g/mol. The van der Waals surface area contributed by atoms with Gasteiger partial charge in [-0.1, -0.05) is 6.07 Å². The molecule has 0 bridgehead atoms. The van der Waals surface area contributed by atoms with Crippen LogP contribution in [0.1, 0.15) is 55.3 Å². The largest absolute Gasteiger partial charge is 0.324 e. The number of benzene rings is 2. The van der Waals surface area contributed by atoms with Gasteiger partial charge in [0, 0.05) is 24.5 Å². The zero-order chi connectivity index (χ0) is 23.4. The molecule has 1 aliphatic heterocycles. The predicted octanol–water partition coefficient (Wildman–Crippen LogP) is 4.57. The van der Waals surface area contributed by atoms with E-state index in [1.54, 1.807) is 21.6 Å². The Morgan fingerprint density at radius 3 is 2.79 bits per heavy atom. The van der Waals surface area contributed by atoms with Gasteiger partial charge in [-0.25, -0.2) is 18.7 Å². The van der Waals surface area contributed by atoms with Crippen molar-refractivity contribution in [1.29, 1.82) is 0 Å². The first-order valence-electron chi connectivity index (χ1n) is 11.9. The molecule has 4 aromatic rings. The first kappa shape index (κ1) is 21.0. The van der Waals surface area contributed by atoms with Crippen LogP contribution in [0.5, 0.6) is 0 Å². The number of fused-ring (bicyclic) bond motifs is 2. The summed E-state index contributed by atoms with van der Waals surface area (Å²) in [6.45, 7) is 5.76. The van der Waals surface area contributed by atoms with Crippen LogP contribution in [0.3, 0.4) is 0 Å². The van der Waals surface area contributed by atoms with Crippen LogP contribution in [0.2, 0.25) is 0 Å². The number of nitrogens with one attached hydrogen (secondary N) is 2. The van der Waals surface area contributed by atoms with Gasteiger partial charge in [-0.15, -0.1) is 0 Å². The third-order valence-corrected chi connectivity index (χ3v) is 6.70. The predicted molar refractivity (Wildman–Crippen MR) is 131 cm³/mol. The normalized spacial score (nSPS) is 15.6. The molecule has 1 fully saturated rings. The lowest BCUT2D eigenvalue weighted by molar-refractivity contribution is 0.475. The summed E-state index contributed by atoms with van der Waals surface area (Å²) in [6, 6.07) is 11.2. The van der Waals surface area contributed by atoms with E-state index in [4.69, 9.17) is 4.98 Å². The van der Waals surface area contributed by atoms with Gasteiger partial charge in [0.15, 0.2) is 5.65 Å². The summed E-state index contributed by atoms with van der Waals surface area (Å²) in [6.07, 6.45) is 4.55. The van der Waals surface area contributed by atoms with Crippen LogP contribution in [-0.2, 0) is 13.0 Å². The Morgan fingerprint density at radius 1 is 1.15 bits per heavy atom. The fourth-order valence-electron chi connectivity index (χ4n) is 4.83. The van der Waals surface area contributed by atoms with E-state index in [1.165, 1.54) is 17.2 Å². The minimum absolute atomic E-state index is 0.109. The number of rotatable bonds is 5. The highest BCUT2D eigenvalue weighted by Gasteiger charge is 2.28. The van der Waals surface area contributed by atoms with Crippen LogP contribution >= 0.6 is 0 Å². The average molecular weight is 459 g/mol. The Balaban J connectivity index is 1.46. The van der Waals surface area contributed by atoms with Crippen LogP contribution < -0.4 is 16.2 Å². The molecule has 2 aromatic heterocycles. The number of anilines is 2. The van der Waals surface area contributed by atoms with Gasteiger partial charge in [0.1, 0.15) is 11.2 Å². The fraction of sp³-hybridized carbons (Fsp3) is 0.346. The van der Waals surface area contributed by atoms with Crippen LogP contribution in [0, 0.1) is 5.82 Å². The summed E-state index contributed by atoms with van der Waals surface area (Å²) in [5.41, 5.74) is 5.32. The van der Waals surface area contributed by atoms with Gasteiger partial charge in [0.25, 0.3) is 5.56 Å². The van der Waals surface area contributed by atoms with E-state index in [1.807, 2.05) is 26.0 Å². The Bertz CT molecular complexity index is 1470. The molecule has 0 saturated heterocycles. The van der Waals surface area contributed by atoms with Crippen LogP contribution in [-0.4, -0.2) is 25.9 Å². The second-order valence-electron chi connectivity index (χ2n) is 9.50. The molecule has 2 N–H and O–H groups in total. The van der Waals surface area contributed by atoms with Crippen molar-refractivity contribution in [2.24, 2.45) is 0 Å². The minimum Gasteiger partial charge on any atom is -0.324 e. The summed E-state index contributed by atoms with van der Waals surface area (Å²) in [5.74, 6) is 0.480. The molecule has 7 nitrogen and oxygen atoms in total.